The fraction of sp³-hybridized carbons (Fsp3) is 0.482. The molecule has 390 valence electrons. The van der Waals surface area contributed by atoms with Crippen molar-refractivity contribution in [3.05, 3.63) is 130 Å². The maximum absolute atomic E-state index is 14.1. The molecule has 1 spiro atoms. The zero-order valence-electron chi connectivity index (χ0n) is 42.6. The van der Waals surface area contributed by atoms with Gasteiger partial charge in [-0.05, 0) is 136 Å². The number of piperazine rings is 1. The van der Waals surface area contributed by atoms with Gasteiger partial charge in [0.15, 0.2) is 0 Å². The summed E-state index contributed by atoms with van der Waals surface area (Å²) in [5, 5.41) is 31.2. The van der Waals surface area contributed by atoms with E-state index in [1.54, 1.807) is 30.6 Å². The quantitative estimate of drug-likeness (QED) is 0.0527. The minimum Gasteiger partial charge on any atom is -0.455 e. The normalized spacial score (nSPS) is 22.7. The standard InChI is InChI=1S/C56H68N10O7S/c1-37(2)46-6-4-5-7-47(46)51-36-62(34-39-32-60-65(35-39)41-8-9-41)24-25-64(51)43-29-56(30-43)19-22-63(23-20-56)42-10-12-48(52(27-42)73-44-26-40-16-21-57-53(40)59-33-44)54(67)61-74(71,72)45-11-13-49(50(28-45)66(69)70)58-31-38-14-17-55(3,68)18-15-38/h4-7,10-13,16,21,26-28,32-33,35,37-38,41,43,51,58,68H,8-9,14-15,17-20,22-25,29-31,34,36H2,1-3H3,(H,57,59)(H,61,67). The van der Waals surface area contributed by atoms with Gasteiger partial charge in [-0.3, -0.25) is 29.4 Å². The van der Waals surface area contributed by atoms with Crippen molar-refractivity contribution in [1.29, 1.82) is 0 Å². The van der Waals surface area contributed by atoms with E-state index in [0.717, 1.165) is 94.9 Å². The summed E-state index contributed by atoms with van der Waals surface area (Å²) < 4.78 is 38.4. The number of ether oxygens (including phenoxy) is 1. The molecule has 1 unspecified atom stereocenters. The number of nitro benzene ring substituents is 1. The van der Waals surface area contributed by atoms with E-state index in [9.17, 15) is 28.4 Å². The Morgan fingerprint density at radius 2 is 1.73 bits per heavy atom. The van der Waals surface area contributed by atoms with Crippen LogP contribution in [-0.2, 0) is 16.6 Å². The first-order valence-electron chi connectivity index (χ1n) is 26.5. The molecule has 4 N–H and O–H groups in total. The Kier molecular flexibility index (Phi) is 13.5. The Hall–Kier alpha value is -6.34. The Morgan fingerprint density at radius 1 is 0.946 bits per heavy atom. The molecule has 3 aliphatic carbocycles. The molecule has 5 aliphatic rings. The fourth-order valence-corrected chi connectivity index (χ4v) is 13.2. The molecule has 0 radical (unpaired) electrons. The van der Waals surface area contributed by atoms with Crippen LogP contribution in [0.3, 0.4) is 0 Å². The first-order chi connectivity index (χ1) is 35.6. The van der Waals surface area contributed by atoms with Crippen molar-refractivity contribution in [1.82, 2.24) is 34.3 Å². The number of nitrogens with one attached hydrogen (secondary N) is 3. The highest BCUT2D eigenvalue weighted by Crippen LogP contribution is 2.53. The number of fused-ring (bicyclic) bond motifs is 1. The largest absolute Gasteiger partial charge is 0.455 e. The Labute approximate surface area is 432 Å². The van der Waals surface area contributed by atoms with E-state index in [1.807, 2.05) is 19.1 Å². The summed E-state index contributed by atoms with van der Waals surface area (Å²) in [6.45, 7) is 12.4. The minimum atomic E-state index is -4.58. The molecule has 0 bridgehead atoms. The molecule has 17 nitrogen and oxygen atoms in total. The van der Waals surface area contributed by atoms with Crippen LogP contribution in [0.25, 0.3) is 11.0 Å². The number of anilines is 2. The van der Waals surface area contributed by atoms with Crippen molar-refractivity contribution in [2.45, 2.75) is 126 Å². The van der Waals surface area contributed by atoms with Gasteiger partial charge in [0.2, 0.25) is 0 Å². The second kappa shape index (κ2) is 20.1. The summed E-state index contributed by atoms with van der Waals surface area (Å²) in [5.41, 5.74) is 4.93. The highest BCUT2D eigenvalue weighted by atomic mass is 32.2. The number of piperidine rings is 1. The number of aromatic nitrogens is 4. The number of benzene rings is 3. The molecule has 3 aromatic heterocycles. The van der Waals surface area contributed by atoms with E-state index in [4.69, 9.17) is 9.84 Å². The van der Waals surface area contributed by atoms with E-state index < -0.39 is 37.0 Å². The molecule has 3 saturated carbocycles. The highest BCUT2D eigenvalue weighted by Gasteiger charge is 2.50. The van der Waals surface area contributed by atoms with Crippen molar-refractivity contribution in [3.63, 3.8) is 0 Å². The molecule has 74 heavy (non-hydrogen) atoms. The van der Waals surface area contributed by atoms with Gasteiger partial charge in [0.05, 0.1) is 39.4 Å². The minimum absolute atomic E-state index is 0.0249. The Balaban J connectivity index is 0.776. The Bertz CT molecular complexity index is 3140. The lowest BCUT2D eigenvalue weighted by Gasteiger charge is -2.58. The molecule has 1 amide bonds. The summed E-state index contributed by atoms with van der Waals surface area (Å²) in [4.78, 5) is 40.6. The first-order valence-corrected chi connectivity index (χ1v) is 28.0. The van der Waals surface area contributed by atoms with Gasteiger partial charge >= 0.3 is 0 Å². The number of nitrogens with zero attached hydrogens (tertiary/aromatic N) is 7. The average molecular weight is 1030 g/mol. The van der Waals surface area contributed by atoms with Gasteiger partial charge in [-0.2, -0.15) is 5.10 Å². The molecule has 6 aromatic rings. The SMILES string of the molecule is CC(C)c1ccccc1C1CN(Cc2cnn(C3CC3)c2)CCN1C1CC2(CCN(c3ccc(C(=O)NS(=O)(=O)c4ccc(NCC5CCC(C)(O)CC5)c([N+](=O)[O-])c4)c(Oc4cnc5[nH]ccc5c4)c3)CC2)C1. The lowest BCUT2D eigenvalue weighted by Crippen LogP contribution is -2.60. The van der Waals surface area contributed by atoms with Crippen LogP contribution in [0.15, 0.2) is 102 Å². The number of pyridine rings is 1. The van der Waals surface area contributed by atoms with Crippen LogP contribution in [-0.4, -0.2) is 105 Å². The van der Waals surface area contributed by atoms with Crippen LogP contribution < -0.4 is 19.7 Å². The van der Waals surface area contributed by atoms with Crippen LogP contribution in [0.1, 0.15) is 130 Å². The number of amides is 1. The number of aromatic amines is 1. The topological polar surface area (TPSA) is 204 Å². The van der Waals surface area contributed by atoms with Crippen LogP contribution in [0.5, 0.6) is 11.5 Å². The van der Waals surface area contributed by atoms with Gasteiger partial charge in [0, 0.05) is 99.1 Å². The van der Waals surface area contributed by atoms with Crippen LogP contribution in [0.2, 0.25) is 0 Å². The number of carbonyl (C=O) groups excluding carboxylic acids is 1. The van der Waals surface area contributed by atoms with E-state index in [-0.39, 0.29) is 28.3 Å². The molecule has 18 heteroatoms. The van der Waals surface area contributed by atoms with E-state index >= 15 is 0 Å². The number of hydrogen-bond acceptors (Lipinski definition) is 13. The second-order valence-corrected chi connectivity index (χ2v) is 24.1. The molecular formula is C56H68N10O7S. The third-order valence-electron chi connectivity index (χ3n) is 16.7. The molecule has 5 heterocycles. The van der Waals surface area contributed by atoms with Gasteiger partial charge < -0.3 is 25.0 Å². The van der Waals surface area contributed by atoms with Gasteiger partial charge in [-0.15, -0.1) is 0 Å². The third kappa shape index (κ3) is 10.6. The summed E-state index contributed by atoms with van der Waals surface area (Å²) in [6, 6.07) is 22.8. The maximum Gasteiger partial charge on any atom is 0.293 e. The first kappa shape index (κ1) is 49.9. The molecule has 5 fully saturated rings. The lowest BCUT2D eigenvalue weighted by atomic mass is 9.59. The van der Waals surface area contributed by atoms with E-state index in [2.05, 4.69) is 89.9 Å². The van der Waals surface area contributed by atoms with Crippen molar-refractivity contribution in [2.24, 2.45) is 11.3 Å². The predicted octanol–water partition coefficient (Wildman–Crippen LogP) is 9.70. The number of nitro groups is 1. The highest BCUT2D eigenvalue weighted by molar-refractivity contribution is 7.90. The number of H-pyrrole nitrogens is 1. The summed E-state index contributed by atoms with van der Waals surface area (Å²) in [7, 11) is -4.58. The molecule has 2 saturated heterocycles. The van der Waals surface area contributed by atoms with Gasteiger partial charge in [0.25, 0.3) is 21.6 Å². The van der Waals surface area contributed by atoms with Crippen LogP contribution in [0.4, 0.5) is 17.1 Å². The molecular weight excluding hydrogens is 957 g/mol. The number of carbonyl (C=O) groups is 1. The van der Waals surface area contributed by atoms with Gasteiger partial charge in [-0.25, -0.2) is 18.1 Å². The van der Waals surface area contributed by atoms with Crippen molar-refractivity contribution < 1.29 is 28.0 Å². The smallest absolute Gasteiger partial charge is 0.293 e. The van der Waals surface area contributed by atoms with Crippen molar-refractivity contribution in [3.8, 4) is 11.5 Å². The number of sulfonamides is 1. The maximum atomic E-state index is 14.1. The molecule has 2 aliphatic heterocycles. The zero-order chi connectivity index (χ0) is 51.4. The second-order valence-electron chi connectivity index (χ2n) is 22.4. The molecule has 11 rings (SSSR count). The number of aliphatic hydroxyl groups is 1. The summed E-state index contributed by atoms with van der Waals surface area (Å²) >= 11 is 0. The molecule has 1 atom stereocenters. The summed E-state index contributed by atoms with van der Waals surface area (Å²) in [6.07, 6.45) is 17.2. The average Bonchev–Trinajstić information content (AvgIpc) is 3.94. The third-order valence-corrected chi connectivity index (χ3v) is 18.1. The van der Waals surface area contributed by atoms with Gasteiger partial charge in [-0.1, -0.05) is 38.1 Å². The Morgan fingerprint density at radius 3 is 2.49 bits per heavy atom. The molecule has 3 aromatic carbocycles. The van der Waals surface area contributed by atoms with E-state index in [1.165, 1.54) is 41.7 Å². The monoisotopic (exact) mass is 1020 g/mol. The predicted molar refractivity (Wildman–Crippen MR) is 284 cm³/mol. The lowest BCUT2D eigenvalue weighted by molar-refractivity contribution is -0.384. The zero-order valence-corrected chi connectivity index (χ0v) is 43.4. The van der Waals surface area contributed by atoms with Crippen molar-refractivity contribution in [2.75, 3.05) is 49.5 Å². The van der Waals surface area contributed by atoms with Crippen molar-refractivity contribution >= 4 is 44.0 Å². The van der Waals surface area contributed by atoms with Crippen LogP contribution >= 0.6 is 0 Å². The van der Waals surface area contributed by atoms with Crippen LogP contribution in [0, 0.1) is 21.4 Å². The fourth-order valence-electron chi connectivity index (χ4n) is 12.2. The summed E-state index contributed by atoms with van der Waals surface area (Å²) in [5.74, 6) is 0.191. The number of rotatable bonds is 16. The van der Waals surface area contributed by atoms with E-state index in [0.29, 0.717) is 54.8 Å². The van der Waals surface area contributed by atoms with Gasteiger partial charge in [0.1, 0.15) is 22.8 Å². The number of hydrogen-bond donors (Lipinski definition) is 4.